The quantitative estimate of drug-likeness (QED) is 0.879. The number of hydrogen-bond acceptors (Lipinski definition) is 2. The first-order valence-electron chi connectivity index (χ1n) is 5.87. The minimum atomic E-state index is -2.79. The maximum absolute atomic E-state index is 13.0. The molecule has 0 bridgehead atoms. The molecule has 0 spiro atoms. The molecule has 1 amide bonds. The molecule has 2 rings (SSSR count). The molecular formula is C13H17ClF2N2O. The van der Waals surface area contributed by atoms with E-state index in [0.717, 1.165) is 11.1 Å². The second-order valence-corrected chi connectivity index (χ2v) is 4.78. The van der Waals surface area contributed by atoms with Crippen LogP contribution in [0.5, 0.6) is 0 Å². The second kappa shape index (κ2) is 5.84. The first kappa shape index (κ1) is 15.9. The summed E-state index contributed by atoms with van der Waals surface area (Å²) in [7, 11) is 0. The lowest BCUT2D eigenvalue weighted by molar-refractivity contribution is -0.118. The molecule has 1 unspecified atom stereocenters. The lowest BCUT2D eigenvalue weighted by Gasteiger charge is -2.12. The Morgan fingerprint density at radius 3 is 2.58 bits per heavy atom. The van der Waals surface area contributed by atoms with Gasteiger partial charge in [0, 0.05) is 12.1 Å². The highest BCUT2D eigenvalue weighted by Crippen LogP contribution is 2.25. The first-order chi connectivity index (χ1) is 8.37. The fourth-order valence-corrected chi connectivity index (χ4v) is 1.95. The molecule has 0 radical (unpaired) electrons. The van der Waals surface area contributed by atoms with Crippen LogP contribution in [0.4, 0.5) is 14.5 Å². The van der Waals surface area contributed by atoms with Crippen molar-refractivity contribution in [2.24, 2.45) is 0 Å². The van der Waals surface area contributed by atoms with Crippen LogP contribution in [-0.4, -0.2) is 24.4 Å². The molecule has 1 aliphatic heterocycles. The third-order valence-electron chi connectivity index (χ3n) is 3.20. The number of anilines is 1. The lowest BCUT2D eigenvalue weighted by atomic mass is 10.1. The van der Waals surface area contributed by atoms with E-state index >= 15 is 0 Å². The fourth-order valence-electron chi connectivity index (χ4n) is 1.95. The molecule has 1 aliphatic rings. The number of nitrogens with one attached hydrogen (secondary N) is 2. The Kier molecular flexibility index (Phi) is 4.87. The molecule has 1 aromatic rings. The van der Waals surface area contributed by atoms with Crippen molar-refractivity contribution in [3.63, 3.8) is 0 Å². The van der Waals surface area contributed by atoms with Crippen molar-refractivity contribution in [3.8, 4) is 0 Å². The number of carbonyl (C=O) groups excluding carboxylic acids is 1. The Morgan fingerprint density at radius 2 is 2.05 bits per heavy atom. The Labute approximate surface area is 117 Å². The number of amides is 1. The Bertz CT molecular complexity index is 480. The van der Waals surface area contributed by atoms with Gasteiger partial charge in [-0.15, -0.1) is 12.4 Å². The van der Waals surface area contributed by atoms with Gasteiger partial charge in [0.1, 0.15) is 0 Å². The molecule has 1 heterocycles. The summed E-state index contributed by atoms with van der Waals surface area (Å²) in [6.07, 6.45) is -0.441. The number of halogens is 3. The number of rotatable bonds is 2. The van der Waals surface area contributed by atoms with Gasteiger partial charge in [0.25, 0.3) is 5.92 Å². The number of carbonyl (C=O) groups is 1. The van der Waals surface area contributed by atoms with Gasteiger partial charge in [-0.25, -0.2) is 8.78 Å². The molecule has 6 heteroatoms. The lowest BCUT2D eigenvalue weighted by Crippen LogP contribution is -2.35. The van der Waals surface area contributed by atoms with Crippen LogP contribution in [0, 0.1) is 13.8 Å². The van der Waals surface area contributed by atoms with Crippen molar-refractivity contribution in [1.29, 1.82) is 0 Å². The normalized spacial score (nSPS) is 20.7. The van der Waals surface area contributed by atoms with E-state index in [1.807, 2.05) is 26.0 Å². The summed E-state index contributed by atoms with van der Waals surface area (Å²) in [5, 5.41) is 5.19. The van der Waals surface area contributed by atoms with E-state index in [1.165, 1.54) is 0 Å². The summed E-state index contributed by atoms with van der Waals surface area (Å²) in [6.45, 7) is 3.48. The summed E-state index contributed by atoms with van der Waals surface area (Å²) >= 11 is 0. The van der Waals surface area contributed by atoms with Gasteiger partial charge in [0.2, 0.25) is 5.91 Å². The molecule has 1 saturated heterocycles. The fraction of sp³-hybridized carbons (Fsp3) is 0.462. The third-order valence-corrected chi connectivity index (χ3v) is 3.20. The highest BCUT2D eigenvalue weighted by atomic mass is 35.5. The summed E-state index contributed by atoms with van der Waals surface area (Å²) in [5.74, 6) is -3.19. The summed E-state index contributed by atoms with van der Waals surface area (Å²) < 4.78 is 25.9. The maximum atomic E-state index is 13.0. The molecule has 106 valence electrons. The number of benzene rings is 1. The molecule has 0 aromatic heterocycles. The van der Waals surface area contributed by atoms with E-state index < -0.39 is 30.8 Å². The highest BCUT2D eigenvalue weighted by molar-refractivity contribution is 5.95. The van der Waals surface area contributed by atoms with Crippen molar-refractivity contribution in [1.82, 2.24) is 5.32 Å². The Morgan fingerprint density at radius 1 is 1.37 bits per heavy atom. The topological polar surface area (TPSA) is 41.1 Å². The average Bonchev–Trinajstić information content (AvgIpc) is 2.64. The molecule has 1 aromatic carbocycles. The highest BCUT2D eigenvalue weighted by Gasteiger charge is 2.42. The smallest absolute Gasteiger partial charge is 0.262 e. The van der Waals surface area contributed by atoms with E-state index in [9.17, 15) is 13.6 Å². The van der Waals surface area contributed by atoms with Crippen molar-refractivity contribution < 1.29 is 13.6 Å². The van der Waals surface area contributed by atoms with Gasteiger partial charge < -0.3 is 5.32 Å². The Balaban J connectivity index is 0.00000180. The number of alkyl halides is 2. The standard InChI is InChI=1S/C13H16F2N2O.ClH/c1-8-3-4-10(5-9(8)2)17-12(18)11-6-13(14,15)7-16-11;/h3-5,11,16H,6-7H2,1-2H3,(H,17,18);1H. The summed E-state index contributed by atoms with van der Waals surface area (Å²) in [5.41, 5.74) is 2.82. The Hall–Kier alpha value is -1.20. The van der Waals surface area contributed by atoms with Gasteiger partial charge in [-0.3, -0.25) is 10.1 Å². The van der Waals surface area contributed by atoms with E-state index in [4.69, 9.17) is 0 Å². The van der Waals surface area contributed by atoms with Gasteiger partial charge >= 0.3 is 0 Å². The number of aryl methyl sites for hydroxylation is 2. The van der Waals surface area contributed by atoms with Gasteiger partial charge in [0.15, 0.2) is 0 Å². The summed E-state index contributed by atoms with van der Waals surface area (Å²) in [6, 6.07) is 4.68. The van der Waals surface area contributed by atoms with Crippen LogP contribution in [-0.2, 0) is 4.79 Å². The number of hydrogen-bond donors (Lipinski definition) is 2. The van der Waals surface area contributed by atoms with Crippen LogP contribution >= 0.6 is 12.4 Å². The van der Waals surface area contributed by atoms with Crippen molar-refractivity contribution in [2.45, 2.75) is 32.2 Å². The van der Waals surface area contributed by atoms with Gasteiger partial charge in [-0.05, 0) is 37.1 Å². The van der Waals surface area contributed by atoms with E-state index in [0.29, 0.717) is 5.69 Å². The predicted molar refractivity (Wildman–Crippen MR) is 73.1 cm³/mol. The van der Waals surface area contributed by atoms with Crippen LogP contribution in [0.15, 0.2) is 18.2 Å². The minimum Gasteiger partial charge on any atom is -0.325 e. The zero-order valence-electron chi connectivity index (χ0n) is 10.8. The van der Waals surface area contributed by atoms with Crippen molar-refractivity contribution in [3.05, 3.63) is 29.3 Å². The van der Waals surface area contributed by atoms with Gasteiger partial charge in [-0.2, -0.15) is 0 Å². The van der Waals surface area contributed by atoms with Crippen LogP contribution in [0.25, 0.3) is 0 Å². The van der Waals surface area contributed by atoms with Crippen LogP contribution < -0.4 is 10.6 Å². The molecule has 0 aliphatic carbocycles. The molecule has 2 N–H and O–H groups in total. The summed E-state index contributed by atoms with van der Waals surface area (Å²) in [4.78, 5) is 11.8. The molecule has 19 heavy (non-hydrogen) atoms. The van der Waals surface area contributed by atoms with Crippen LogP contribution in [0.2, 0.25) is 0 Å². The maximum Gasteiger partial charge on any atom is 0.262 e. The molecule has 1 fully saturated rings. The van der Waals surface area contributed by atoms with Gasteiger partial charge in [-0.1, -0.05) is 6.07 Å². The largest absolute Gasteiger partial charge is 0.325 e. The van der Waals surface area contributed by atoms with E-state index in [-0.39, 0.29) is 12.4 Å². The minimum absolute atomic E-state index is 0. The zero-order chi connectivity index (χ0) is 13.3. The molecular weight excluding hydrogens is 274 g/mol. The van der Waals surface area contributed by atoms with Crippen molar-refractivity contribution >= 4 is 24.0 Å². The van der Waals surface area contributed by atoms with Crippen molar-refractivity contribution in [2.75, 3.05) is 11.9 Å². The monoisotopic (exact) mass is 290 g/mol. The predicted octanol–water partition coefficient (Wildman–Crippen LogP) is 2.66. The third kappa shape index (κ3) is 3.88. The average molecular weight is 291 g/mol. The van der Waals surface area contributed by atoms with Crippen LogP contribution in [0.3, 0.4) is 0 Å². The SMILES string of the molecule is Cc1ccc(NC(=O)C2CC(F)(F)CN2)cc1C.Cl. The zero-order valence-corrected chi connectivity index (χ0v) is 11.6. The van der Waals surface area contributed by atoms with E-state index in [2.05, 4.69) is 10.6 Å². The molecule has 0 saturated carbocycles. The van der Waals surface area contributed by atoms with Crippen LogP contribution in [0.1, 0.15) is 17.5 Å². The molecule has 1 atom stereocenters. The molecule has 3 nitrogen and oxygen atoms in total. The second-order valence-electron chi connectivity index (χ2n) is 4.78. The van der Waals surface area contributed by atoms with E-state index in [1.54, 1.807) is 6.07 Å². The first-order valence-corrected chi connectivity index (χ1v) is 5.87. The van der Waals surface area contributed by atoms with Gasteiger partial charge in [0.05, 0.1) is 12.6 Å².